The van der Waals surface area contributed by atoms with Crippen LogP contribution < -0.4 is 0 Å². The molecule has 0 radical (unpaired) electrons. The van der Waals surface area contributed by atoms with E-state index in [4.69, 9.17) is 18.5 Å². The Morgan fingerprint density at radius 1 is 0.416 bits per heavy atom. The third kappa shape index (κ3) is 62.0. The number of rotatable bonds is 57. The Labute approximate surface area is 474 Å². The van der Waals surface area contributed by atoms with Crippen molar-refractivity contribution >= 4 is 19.8 Å². The van der Waals surface area contributed by atoms with E-state index in [2.05, 4.69) is 111 Å². The quantitative estimate of drug-likeness (QED) is 0.0211. The molecule has 0 aromatic heterocycles. The van der Waals surface area contributed by atoms with Gasteiger partial charge in [-0.2, -0.15) is 0 Å². The SMILES string of the molecule is CC/C=C\C/C=C\C/C=C\C/C=C\C/C=C\C/C=C\C/C=C\CCCCCCCCCCCCCCCCCC(=O)OC(COC(=O)CCCCCCC/C=C\CCCCCCCCC)COP(=O)(O)OCC[N+](C)(C)C. The number of likely N-dealkylation sites (N-methyl/N-ethyl adjacent to an activating group) is 1. The number of hydrogen-bond acceptors (Lipinski definition) is 7. The zero-order chi connectivity index (χ0) is 56.3. The zero-order valence-corrected chi connectivity index (χ0v) is 51.3. The molecule has 77 heavy (non-hydrogen) atoms. The molecule has 0 saturated heterocycles. The van der Waals surface area contributed by atoms with Crippen molar-refractivity contribution in [2.75, 3.05) is 47.5 Å². The normalized spacial score (nSPS) is 13.9. The summed E-state index contributed by atoms with van der Waals surface area (Å²) >= 11 is 0. The van der Waals surface area contributed by atoms with E-state index in [1.807, 2.05) is 21.1 Å². The van der Waals surface area contributed by atoms with Gasteiger partial charge in [0, 0.05) is 12.8 Å². The molecule has 2 atom stereocenters. The second-order valence-corrected chi connectivity index (χ2v) is 23.5. The third-order valence-corrected chi connectivity index (χ3v) is 14.3. The molecule has 0 bridgehead atoms. The van der Waals surface area contributed by atoms with Crippen LogP contribution in [0.4, 0.5) is 0 Å². The number of hydrogen-bond donors (Lipinski definition) is 1. The van der Waals surface area contributed by atoms with Gasteiger partial charge in [0.1, 0.15) is 19.8 Å². The van der Waals surface area contributed by atoms with Crippen LogP contribution >= 0.6 is 7.82 Å². The first-order chi connectivity index (χ1) is 37.5. The lowest BCUT2D eigenvalue weighted by atomic mass is 10.0. The van der Waals surface area contributed by atoms with Gasteiger partial charge in [-0.1, -0.05) is 252 Å². The number of nitrogens with zero attached hydrogens (tertiary/aromatic N) is 1. The van der Waals surface area contributed by atoms with Gasteiger partial charge < -0.3 is 18.9 Å². The smallest absolute Gasteiger partial charge is 0.462 e. The molecule has 10 heteroatoms. The summed E-state index contributed by atoms with van der Waals surface area (Å²) in [6, 6.07) is 0. The highest BCUT2D eigenvalue weighted by Gasteiger charge is 2.27. The summed E-state index contributed by atoms with van der Waals surface area (Å²) in [6.45, 7) is 4.32. The lowest BCUT2D eigenvalue weighted by Crippen LogP contribution is -2.37. The van der Waals surface area contributed by atoms with Crippen molar-refractivity contribution in [1.29, 1.82) is 0 Å². The summed E-state index contributed by atoms with van der Waals surface area (Å²) in [5.74, 6) is -0.804. The minimum Gasteiger partial charge on any atom is -0.462 e. The number of phosphoric acid groups is 1. The lowest BCUT2D eigenvalue weighted by molar-refractivity contribution is -0.870. The maximum atomic E-state index is 12.8. The monoisotopic (exact) mass is 1100 g/mol. The molecule has 444 valence electrons. The molecular weight excluding hydrogens is 978 g/mol. The standard InChI is InChI=1S/C67H118NO8P/c1-6-8-10-12-14-16-18-20-22-24-25-26-27-28-29-30-31-32-33-34-35-36-37-38-39-40-41-42-43-44-46-48-50-52-54-56-58-60-67(70)76-65(64-75-77(71,72)74-62-61-68(3,4)5)63-73-66(69)59-57-55-53-51-49-47-45-23-21-19-17-15-13-11-9-7-2/h8,10,14,16,20,22-23,25-26,28-29,31-32,34-35,45,65H,6-7,9,11-13,15,17-19,21,24,27,30,33,36-44,46-64H2,1-5H3/p+1/b10-8-,16-14-,22-20-,26-25-,29-28-,32-31-,35-34-,45-23-. The second-order valence-electron chi connectivity index (χ2n) is 22.1. The maximum Gasteiger partial charge on any atom is 0.472 e. The molecule has 0 spiro atoms. The van der Waals surface area contributed by atoms with E-state index in [1.54, 1.807) is 0 Å². The first-order valence-corrected chi connectivity index (χ1v) is 33.0. The number of phosphoric ester groups is 1. The van der Waals surface area contributed by atoms with Crippen LogP contribution in [0, 0.1) is 0 Å². The molecule has 0 aliphatic carbocycles. The average Bonchev–Trinajstić information content (AvgIpc) is 3.39. The topological polar surface area (TPSA) is 108 Å². The van der Waals surface area contributed by atoms with Crippen molar-refractivity contribution in [3.8, 4) is 0 Å². The van der Waals surface area contributed by atoms with Crippen molar-refractivity contribution in [3.63, 3.8) is 0 Å². The highest BCUT2D eigenvalue weighted by molar-refractivity contribution is 7.47. The van der Waals surface area contributed by atoms with Gasteiger partial charge in [-0.15, -0.1) is 0 Å². The fourth-order valence-electron chi connectivity index (χ4n) is 8.52. The van der Waals surface area contributed by atoms with Crippen molar-refractivity contribution in [2.45, 2.75) is 270 Å². The Morgan fingerprint density at radius 3 is 1.12 bits per heavy atom. The lowest BCUT2D eigenvalue weighted by Gasteiger charge is -2.24. The van der Waals surface area contributed by atoms with Crippen LogP contribution in [0.15, 0.2) is 97.2 Å². The molecular formula is C67H119NO8P+. The highest BCUT2D eigenvalue weighted by atomic mass is 31.2. The molecule has 9 nitrogen and oxygen atoms in total. The number of esters is 2. The van der Waals surface area contributed by atoms with E-state index in [1.165, 1.54) is 128 Å². The van der Waals surface area contributed by atoms with Gasteiger partial charge in [-0.25, -0.2) is 4.57 Å². The van der Waals surface area contributed by atoms with Gasteiger partial charge in [0.05, 0.1) is 27.7 Å². The van der Waals surface area contributed by atoms with E-state index < -0.39 is 26.5 Å². The Balaban J connectivity index is 4.04. The third-order valence-electron chi connectivity index (χ3n) is 13.3. The predicted molar refractivity (Wildman–Crippen MR) is 330 cm³/mol. The van der Waals surface area contributed by atoms with Crippen LogP contribution in [-0.4, -0.2) is 74.9 Å². The summed E-state index contributed by atoms with van der Waals surface area (Å²) < 4.78 is 34.6. The van der Waals surface area contributed by atoms with Gasteiger partial charge in [0.25, 0.3) is 0 Å². The van der Waals surface area contributed by atoms with Crippen molar-refractivity contribution < 1.29 is 42.1 Å². The summed E-state index contributed by atoms with van der Waals surface area (Å²) in [6.07, 6.45) is 79.2. The van der Waals surface area contributed by atoms with Crippen molar-refractivity contribution in [1.82, 2.24) is 0 Å². The van der Waals surface area contributed by atoms with Crippen LogP contribution in [0.25, 0.3) is 0 Å². The summed E-state index contributed by atoms with van der Waals surface area (Å²) in [5, 5.41) is 0. The molecule has 0 fully saturated rings. The van der Waals surface area contributed by atoms with Gasteiger partial charge in [0.15, 0.2) is 6.10 Å². The zero-order valence-electron chi connectivity index (χ0n) is 50.4. The Hall–Kier alpha value is -3.07. The van der Waals surface area contributed by atoms with E-state index in [0.717, 1.165) is 103 Å². The number of quaternary nitrogens is 1. The minimum atomic E-state index is -4.39. The number of unbranched alkanes of at least 4 members (excludes halogenated alkanes) is 27. The van der Waals surface area contributed by atoms with Crippen LogP contribution in [0.5, 0.6) is 0 Å². The molecule has 0 aliphatic rings. The largest absolute Gasteiger partial charge is 0.472 e. The Bertz CT molecular complexity index is 1620. The summed E-state index contributed by atoms with van der Waals surface area (Å²) in [4.78, 5) is 35.7. The van der Waals surface area contributed by atoms with E-state index in [9.17, 15) is 19.0 Å². The predicted octanol–water partition coefficient (Wildman–Crippen LogP) is 20.0. The summed E-state index contributed by atoms with van der Waals surface area (Å²) in [5.41, 5.74) is 0. The van der Waals surface area contributed by atoms with E-state index in [0.29, 0.717) is 17.4 Å². The van der Waals surface area contributed by atoms with Crippen molar-refractivity contribution in [2.24, 2.45) is 0 Å². The molecule has 0 rings (SSSR count). The number of ether oxygens (including phenoxy) is 2. The molecule has 2 unspecified atom stereocenters. The molecule has 0 aromatic carbocycles. The first-order valence-electron chi connectivity index (χ1n) is 31.5. The number of carbonyl (C=O) groups is 2. The Morgan fingerprint density at radius 2 is 0.740 bits per heavy atom. The highest BCUT2D eigenvalue weighted by Crippen LogP contribution is 2.43. The molecule has 0 saturated carbocycles. The first kappa shape index (κ1) is 73.9. The van der Waals surface area contributed by atoms with Crippen LogP contribution in [-0.2, 0) is 32.7 Å². The van der Waals surface area contributed by atoms with E-state index in [-0.39, 0.29) is 32.0 Å². The second kappa shape index (κ2) is 57.6. The van der Waals surface area contributed by atoms with Gasteiger partial charge >= 0.3 is 19.8 Å². The van der Waals surface area contributed by atoms with Gasteiger partial charge in [-0.3, -0.25) is 18.6 Å². The Kier molecular flexibility index (Phi) is 55.3. The molecule has 0 amide bonds. The molecule has 1 N–H and O–H groups in total. The molecule has 0 aliphatic heterocycles. The van der Waals surface area contributed by atoms with Crippen molar-refractivity contribution in [3.05, 3.63) is 97.2 Å². The fraction of sp³-hybridized carbons (Fsp3) is 0.731. The minimum absolute atomic E-state index is 0.0281. The maximum absolute atomic E-state index is 12.8. The van der Waals surface area contributed by atoms with Crippen LogP contribution in [0.3, 0.4) is 0 Å². The average molecular weight is 1100 g/mol. The molecule has 0 aromatic rings. The summed E-state index contributed by atoms with van der Waals surface area (Å²) in [7, 11) is 1.47. The van der Waals surface area contributed by atoms with E-state index >= 15 is 0 Å². The number of carbonyl (C=O) groups excluding carboxylic acids is 2. The molecule has 0 heterocycles. The number of allylic oxidation sites excluding steroid dienone is 16. The van der Waals surface area contributed by atoms with Crippen LogP contribution in [0.1, 0.15) is 264 Å². The fourth-order valence-corrected chi connectivity index (χ4v) is 9.26. The van der Waals surface area contributed by atoms with Crippen LogP contribution in [0.2, 0.25) is 0 Å². The van der Waals surface area contributed by atoms with Gasteiger partial charge in [0.2, 0.25) is 0 Å². The van der Waals surface area contributed by atoms with Gasteiger partial charge in [-0.05, 0) is 96.3 Å².